The molecule has 1 heterocycles. The molecule has 1 saturated carbocycles. The number of ether oxygens (including phenoxy) is 1. The normalized spacial score (nSPS) is 18.3. The fraction of sp³-hybridized carbons (Fsp3) is 0.350. The van der Waals surface area contributed by atoms with E-state index in [9.17, 15) is 26.0 Å². The smallest absolute Gasteiger partial charge is 0.409 e. The van der Waals surface area contributed by atoms with Gasteiger partial charge in [0.1, 0.15) is 17.7 Å². The summed E-state index contributed by atoms with van der Waals surface area (Å²) in [6.07, 6.45) is -0.447. The number of sulfonamides is 2. The second-order valence-electron chi connectivity index (χ2n) is 7.92. The first-order chi connectivity index (χ1) is 15.5. The van der Waals surface area contributed by atoms with Crippen LogP contribution in [0.5, 0.6) is 5.75 Å². The van der Waals surface area contributed by atoms with Crippen LogP contribution in [0.3, 0.4) is 0 Å². The first-order valence-electron chi connectivity index (χ1n) is 10.1. The molecule has 3 N–H and O–H groups in total. The highest BCUT2D eigenvalue weighted by atomic mass is 32.2. The summed E-state index contributed by atoms with van der Waals surface area (Å²) in [5, 5.41) is 11.1. The molecule has 13 heteroatoms. The Morgan fingerprint density at radius 2 is 1.82 bits per heavy atom. The zero-order valence-electron chi connectivity index (χ0n) is 17.3. The van der Waals surface area contributed by atoms with Gasteiger partial charge < -0.3 is 9.84 Å². The van der Waals surface area contributed by atoms with Crippen molar-refractivity contribution in [2.45, 2.75) is 23.8 Å². The predicted molar refractivity (Wildman–Crippen MR) is 118 cm³/mol. The van der Waals surface area contributed by atoms with Crippen molar-refractivity contribution in [1.82, 2.24) is 4.72 Å². The van der Waals surface area contributed by atoms with E-state index >= 15 is 0 Å². The van der Waals surface area contributed by atoms with Gasteiger partial charge in [-0.1, -0.05) is 0 Å². The minimum atomic E-state index is -4.20. The summed E-state index contributed by atoms with van der Waals surface area (Å²) in [5.41, 5.74) is 0.190. The second kappa shape index (κ2) is 8.80. The molecule has 1 aliphatic carbocycles. The maximum atomic E-state index is 13.4. The molecule has 1 fully saturated rings. The van der Waals surface area contributed by atoms with Crippen LogP contribution >= 0.6 is 0 Å². The largest absolute Gasteiger partial charge is 0.485 e. The molecule has 0 saturated heterocycles. The molecule has 0 spiro atoms. The number of hydrogen-bond donors (Lipinski definition) is 3. The molecular weight excluding hydrogens is 477 g/mol. The second-order valence-corrected chi connectivity index (χ2v) is 11.6. The van der Waals surface area contributed by atoms with Crippen molar-refractivity contribution >= 4 is 37.5 Å². The summed E-state index contributed by atoms with van der Waals surface area (Å²) in [7, 11) is -7.74. The van der Waals surface area contributed by atoms with E-state index in [4.69, 9.17) is 9.84 Å². The number of nitrogens with zero attached hydrogens (tertiary/aromatic N) is 1. The zero-order chi connectivity index (χ0) is 23.8. The Balaban J connectivity index is 1.64. The Morgan fingerprint density at radius 3 is 2.45 bits per heavy atom. The van der Waals surface area contributed by atoms with Gasteiger partial charge in [0.25, 0.3) is 10.0 Å². The van der Waals surface area contributed by atoms with Crippen molar-refractivity contribution in [3.8, 4) is 5.75 Å². The van der Waals surface area contributed by atoms with Gasteiger partial charge >= 0.3 is 6.09 Å². The van der Waals surface area contributed by atoms with E-state index in [0.717, 1.165) is 41.4 Å². The van der Waals surface area contributed by atoms with Gasteiger partial charge in [-0.15, -0.1) is 0 Å². The number of benzene rings is 2. The summed E-state index contributed by atoms with van der Waals surface area (Å²) >= 11 is 0. The predicted octanol–water partition coefficient (Wildman–Crippen LogP) is 2.20. The van der Waals surface area contributed by atoms with E-state index in [-0.39, 0.29) is 46.8 Å². The Kier molecular flexibility index (Phi) is 6.20. The van der Waals surface area contributed by atoms with Crippen molar-refractivity contribution in [2.24, 2.45) is 5.92 Å². The van der Waals surface area contributed by atoms with Gasteiger partial charge in [0, 0.05) is 12.2 Å². The van der Waals surface area contributed by atoms with Crippen LogP contribution in [0.15, 0.2) is 47.4 Å². The molecule has 0 radical (unpaired) electrons. The van der Waals surface area contributed by atoms with Gasteiger partial charge in [0.2, 0.25) is 10.0 Å². The van der Waals surface area contributed by atoms with Crippen LogP contribution in [-0.4, -0.2) is 53.0 Å². The van der Waals surface area contributed by atoms with Crippen LogP contribution in [0.25, 0.3) is 0 Å². The van der Waals surface area contributed by atoms with Crippen molar-refractivity contribution in [1.29, 1.82) is 0 Å². The molecule has 10 nitrogen and oxygen atoms in total. The number of carbonyl (C=O) groups is 1. The third-order valence-corrected chi connectivity index (χ3v) is 8.54. The van der Waals surface area contributed by atoms with Gasteiger partial charge in [-0.25, -0.2) is 30.7 Å². The third-order valence-electron chi connectivity index (χ3n) is 5.23. The summed E-state index contributed by atoms with van der Waals surface area (Å²) in [4.78, 5) is 10.8. The topological polar surface area (TPSA) is 142 Å². The fourth-order valence-electron chi connectivity index (χ4n) is 3.45. The van der Waals surface area contributed by atoms with Gasteiger partial charge in [-0.3, -0.25) is 9.62 Å². The number of rotatable bonds is 8. The lowest BCUT2D eigenvalue weighted by molar-refractivity contribution is 0.203. The van der Waals surface area contributed by atoms with E-state index in [1.807, 2.05) is 0 Å². The number of hydrogen-bond acceptors (Lipinski definition) is 6. The van der Waals surface area contributed by atoms with Gasteiger partial charge in [-0.2, -0.15) is 0 Å². The lowest BCUT2D eigenvalue weighted by Gasteiger charge is -2.35. The molecule has 2 aliphatic rings. The maximum Gasteiger partial charge on any atom is 0.409 e. The highest BCUT2D eigenvalue weighted by Crippen LogP contribution is 2.39. The van der Waals surface area contributed by atoms with E-state index in [1.54, 1.807) is 0 Å². The quantitative estimate of drug-likeness (QED) is 0.505. The molecule has 2 aromatic carbocycles. The summed E-state index contributed by atoms with van der Waals surface area (Å²) in [6.45, 7) is -0.395. The van der Waals surface area contributed by atoms with E-state index in [1.165, 1.54) is 18.2 Å². The number of amides is 1. The van der Waals surface area contributed by atoms with Crippen molar-refractivity contribution in [3.63, 3.8) is 0 Å². The van der Waals surface area contributed by atoms with Crippen LogP contribution in [0.1, 0.15) is 12.8 Å². The number of fused-ring (bicyclic) bond motifs is 1. The standard InChI is InChI=1S/C20H22FN3O7S2/c21-14-3-6-17(7-4-14)33(29,30)24-11-16(10-22-32(27,28)12-13-1-2-13)31-19-8-5-15(9-18(19)24)23-20(25)26/h3-9,13,16,22-23H,1-2,10-12H2,(H,25,26). The highest BCUT2D eigenvalue weighted by molar-refractivity contribution is 7.92. The van der Waals surface area contributed by atoms with Crippen LogP contribution < -0.4 is 19.1 Å². The molecular formula is C20H22FN3O7S2. The first-order valence-corrected chi connectivity index (χ1v) is 13.2. The molecule has 4 rings (SSSR count). The number of carboxylic acid groups (broad SMARTS) is 1. The van der Waals surface area contributed by atoms with Gasteiger partial charge in [0.15, 0.2) is 0 Å². The summed E-state index contributed by atoms with van der Waals surface area (Å²) in [5.74, 6) is -0.314. The molecule has 0 bridgehead atoms. The Labute approximate surface area is 190 Å². The minimum Gasteiger partial charge on any atom is -0.485 e. The summed E-state index contributed by atoms with van der Waals surface area (Å²) in [6, 6.07) is 8.37. The van der Waals surface area contributed by atoms with Gasteiger partial charge in [-0.05, 0) is 61.2 Å². The SMILES string of the molecule is O=C(O)Nc1ccc2c(c1)N(S(=O)(=O)c1ccc(F)cc1)CC(CNS(=O)(=O)CC1CC1)O2. The molecule has 0 aromatic heterocycles. The van der Waals surface area contributed by atoms with Crippen LogP contribution in [0.2, 0.25) is 0 Å². The molecule has 1 unspecified atom stereocenters. The molecule has 2 aromatic rings. The van der Waals surface area contributed by atoms with E-state index in [0.29, 0.717) is 0 Å². The highest BCUT2D eigenvalue weighted by Gasteiger charge is 2.36. The zero-order valence-corrected chi connectivity index (χ0v) is 18.9. The monoisotopic (exact) mass is 499 g/mol. The maximum absolute atomic E-state index is 13.4. The number of nitrogens with one attached hydrogen (secondary N) is 2. The Morgan fingerprint density at radius 1 is 1.12 bits per heavy atom. The van der Waals surface area contributed by atoms with Crippen LogP contribution in [0, 0.1) is 11.7 Å². The Hall–Kier alpha value is -2.90. The van der Waals surface area contributed by atoms with Crippen LogP contribution in [0.4, 0.5) is 20.6 Å². The fourth-order valence-corrected chi connectivity index (χ4v) is 6.46. The molecule has 33 heavy (non-hydrogen) atoms. The number of anilines is 2. The first kappa shape index (κ1) is 23.3. The number of halogens is 1. The van der Waals surface area contributed by atoms with Crippen LogP contribution in [-0.2, 0) is 20.0 Å². The lowest BCUT2D eigenvalue weighted by atomic mass is 10.2. The average Bonchev–Trinajstić information content (AvgIpc) is 3.55. The summed E-state index contributed by atoms with van der Waals surface area (Å²) < 4.78 is 73.9. The van der Waals surface area contributed by atoms with Gasteiger partial charge in [0.05, 0.1) is 22.9 Å². The van der Waals surface area contributed by atoms with Crippen molar-refractivity contribution in [2.75, 3.05) is 28.5 Å². The lowest BCUT2D eigenvalue weighted by Crippen LogP contribution is -2.48. The molecule has 1 aliphatic heterocycles. The Bertz CT molecular complexity index is 1260. The van der Waals surface area contributed by atoms with E-state index in [2.05, 4.69) is 10.0 Å². The third kappa shape index (κ3) is 5.54. The van der Waals surface area contributed by atoms with Crippen molar-refractivity contribution in [3.05, 3.63) is 48.3 Å². The molecule has 178 valence electrons. The minimum absolute atomic E-state index is 0.0120. The molecule has 1 amide bonds. The van der Waals surface area contributed by atoms with E-state index < -0.39 is 38.1 Å². The van der Waals surface area contributed by atoms with Crippen molar-refractivity contribution < 1.29 is 35.9 Å². The average molecular weight is 500 g/mol. The molecule has 1 atom stereocenters.